The molecule has 2 N–H and O–H groups in total. The van der Waals surface area contributed by atoms with E-state index in [4.69, 9.17) is 17.3 Å². The molecule has 0 saturated carbocycles. The third kappa shape index (κ3) is 2.10. The molecule has 0 fully saturated rings. The van der Waals surface area contributed by atoms with Crippen LogP contribution in [0.3, 0.4) is 0 Å². The van der Waals surface area contributed by atoms with Gasteiger partial charge in [-0.05, 0) is 24.8 Å². The third-order valence-electron chi connectivity index (χ3n) is 2.08. The molecule has 0 aliphatic carbocycles. The number of carbonyl (C=O) groups excluding carboxylic acids is 1. The van der Waals surface area contributed by atoms with Crippen molar-refractivity contribution in [2.45, 2.75) is 25.8 Å². The Balaban J connectivity index is 2.98. The van der Waals surface area contributed by atoms with E-state index in [1.807, 2.05) is 6.92 Å². The average Bonchev–Trinajstić information content (AvgIpc) is 2.50. The number of ketones is 1. The van der Waals surface area contributed by atoms with Crippen molar-refractivity contribution in [1.29, 1.82) is 0 Å². The molecule has 0 aromatic carbocycles. The molecule has 0 radical (unpaired) electrons. The van der Waals surface area contributed by atoms with Crippen LogP contribution in [0.5, 0.6) is 0 Å². The zero-order valence-corrected chi connectivity index (χ0v) is 9.21. The van der Waals surface area contributed by atoms with Crippen LogP contribution >= 0.6 is 22.9 Å². The fourth-order valence-corrected chi connectivity index (χ4v) is 2.09. The first-order valence-corrected chi connectivity index (χ1v) is 5.31. The van der Waals surface area contributed by atoms with Crippen LogP contribution in [-0.2, 0) is 0 Å². The van der Waals surface area contributed by atoms with E-state index >= 15 is 0 Å². The molecule has 1 rings (SSSR count). The normalized spacial score (nSPS) is 15.4. The quantitative estimate of drug-likeness (QED) is 0.792. The number of hydrogen-bond acceptors (Lipinski definition) is 3. The van der Waals surface area contributed by atoms with Gasteiger partial charge >= 0.3 is 0 Å². The van der Waals surface area contributed by atoms with Gasteiger partial charge in [-0.3, -0.25) is 4.79 Å². The fraction of sp³-hybridized carbons (Fsp3) is 0.444. The summed E-state index contributed by atoms with van der Waals surface area (Å²) >= 11 is 7.17. The summed E-state index contributed by atoms with van der Waals surface area (Å²) < 4.78 is 0. The second-order valence-electron chi connectivity index (χ2n) is 3.20. The predicted molar refractivity (Wildman–Crippen MR) is 56.5 cm³/mol. The minimum absolute atomic E-state index is 0.0741. The smallest absolute Gasteiger partial charge is 0.193 e. The number of nitrogens with two attached hydrogens (primary N) is 1. The summed E-state index contributed by atoms with van der Waals surface area (Å²) in [4.78, 5) is 12.3. The molecule has 1 atom stereocenters. The topological polar surface area (TPSA) is 43.1 Å². The molecular weight excluding hydrogens is 206 g/mol. The number of rotatable bonds is 3. The second-order valence-corrected chi connectivity index (χ2v) is 4.52. The third-order valence-corrected chi connectivity index (χ3v) is 3.42. The van der Waals surface area contributed by atoms with Gasteiger partial charge in [0.2, 0.25) is 0 Å². The van der Waals surface area contributed by atoms with E-state index in [-0.39, 0.29) is 5.78 Å². The molecule has 2 nitrogen and oxygen atoms in total. The predicted octanol–water partition coefficient (Wildman–Crippen LogP) is 2.71. The first kappa shape index (κ1) is 10.7. The minimum Gasteiger partial charge on any atom is -0.319 e. The Morgan fingerprint density at radius 2 is 2.38 bits per heavy atom. The fourth-order valence-electron chi connectivity index (χ4n) is 0.876. The van der Waals surface area contributed by atoms with Gasteiger partial charge in [0.1, 0.15) is 0 Å². The number of halogens is 1. The molecule has 1 aromatic heterocycles. The van der Waals surface area contributed by atoms with Crippen molar-refractivity contribution < 1.29 is 4.79 Å². The van der Waals surface area contributed by atoms with Gasteiger partial charge in [0.15, 0.2) is 5.78 Å². The van der Waals surface area contributed by atoms with E-state index in [2.05, 4.69) is 0 Å². The van der Waals surface area contributed by atoms with Crippen LogP contribution in [-0.4, -0.2) is 11.3 Å². The number of carbonyl (C=O) groups is 1. The van der Waals surface area contributed by atoms with Crippen molar-refractivity contribution >= 4 is 28.7 Å². The van der Waals surface area contributed by atoms with Gasteiger partial charge in [-0.25, -0.2) is 0 Å². The highest BCUT2D eigenvalue weighted by Crippen LogP contribution is 2.26. The SMILES string of the molecule is CCC(C)(N)C(=O)c1sccc1Cl. The van der Waals surface area contributed by atoms with Gasteiger partial charge < -0.3 is 5.73 Å². The van der Waals surface area contributed by atoms with E-state index < -0.39 is 5.54 Å². The highest BCUT2D eigenvalue weighted by molar-refractivity contribution is 7.12. The van der Waals surface area contributed by atoms with Crippen LogP contribution < -0.4 is 5.73 Å². The molecule has 1 heterocycles. The Bertz CT molecular complexity index is 319. The van der Waals surface area contributed by atoms with Crippen LogP contribution in [0, 0.1) is 0 Å². The van der Waals surface area contributed by atoms with E-state index in [0.717, 1.165) is 0 Å². The monoisotopic (exact) mass is 217 g/mol. The largest absolute Gasteiger partial charge is 0.319 e. The molecule has 0 saturated heterocycles. The lowest BCUT2D eigenvalue weighted by Gasteiger charge is -2.19. The Morgan fingerprint density at radius 1 is 1.77 bits per heavy atom. The van der Waals surface area contributed by atoms with Gasteiger partial charge in [0, 0.05) is 0 Å². The molecule has 0 aliphatic rings. The molecule has 0 aliphatic heterocycles. The van der Waals surface area contributed by atoms with Crippen molar-refractivity contribution in [3.63, 3.8) is 0 Å². The lowest BCUT2D eigenvalue weighted by atomic mass is 9.94. The van der Waals surface area contributed by atoms with Gasteiger partial charge in [-0.1, -0.05) is 18.5 Å². The summed E-state index contributed by atoms with van der Waals surface area (Å²) in [6, 6.07) is 1.71. The van der Waals surface area contributed by atoms with E-state index in [9.17, 15) is 4.79 Å². The van der Waals surface area contributed by atoms with Gasteiger partial charge in [0.25, 0.3) is 0 Å². The van der Waals surface area contributed by atoms with E-state index in [0.29, 0.717) is 16.3 Å². The molecule has 1 aromatic rings. The molecule has 72 valence electrons. The van der Waals surface area contributed by atoms with E-state index in [1.165, 1.54) is 11.3 Å². The number of thiophene rings is 1. The number of hydrogen-bond donors (Lipinski definition) is 1. The van der Waals surface area contributed by atoms with Crippen LogP contribution in [0.1, 0.15) is 29.9 Å². The summed E-state index contributed by atoms with van der Waals surface area (Å²) in [6.45, 7) is 3.62. The van der Waals surface area contributed by atoms with Crippen LogP contribution in [0.15, 0.2) is 11.4 Å². The zero-order valence-electron chi connectivity index (χ0n) is 7.63. The summed E-state index contributed by atoms with van der Waals surface area (Å²) in [6.07, 6.45) is 0.611. The Kier molecular flexibility index (Phi) is 3.11. The Morgan fingerprint density at radius 3 is 2.77 bits per heavy atom. The minimum atomic E-state index is -0.797. The molecule has 0 amide bonds. The second kappa shape index (κ2) is 3.78. The van der Waals surface area contributed by atoms with Crippen molar-refractivity contribution in [2.75, 3.05) is 0 Å². The molecule has 4 heteroatoms. The molecule has 1 unspecified atom stereocenters. The van der Waals surface area contributed by atoms with Gasteiger partial charge in [0.05, 0.1) is 15.4 Å². The summed E-state index contributed by atoms with van der Waals surface area (Å²) in [5.74, 6) is -0.0741. The molecule has 13 heavy (non-hydrogen) atoms. The van der Waals surface area contributed by atoms with Crippen molar-refractivity contribution in [2.24, 2.45) is 5.73 Å². The maximum absolute atomic E-state index is 11.8. The first-order chi connectivity index (χ1) is 5.99. The Hall–Kier alpha value is -0.380. The number of Topliss-reactive ketones (excluding diaryl/α,β-unsaturated/α-hetero) is 1. The van der Waals surface area contributed by atoms with Crippen molar-refractivity contribution in [3.8, 4) is 0 Å². The molecule has 0 spiro atoms. The van der Waals surface area contributed by atoms with Crippen LogP contribution in [0.4, 0.5) is 0 Å². The van der Waals surface area contributed by atoms with Crippen LogP contribution in [0.25, 0.3) is 0 Å². The highest BCUT2D eigenvalue weighted by Gasteiger charge is 2.29. The van der Waals surface area contributed by atoms with Gasteiger partial charge in [-0.2, -0.15) is 0 Å². The summed E-state index contributed by atoms with van der Waals surface area (Å²) in [5, 5.41) is 2.29. The Labute approximate surface area is 86.7 Å². The molecule has 0 bridgehead atoms. The summed E-state index contributed by atoms with van der Waals surface area (Å²) in [7, 11) is 0. The first-order valence-electron chi connectivity index (χ1n) is 4.05. The maximum atomic E-state index is 11.8. The van der Waals surface area contributed by atoms with Crippen LogP contribution in [0.2, 0.25) is 5.02 Å². The standard InChI is InChI=1S/C9H12ClNOS/c1-3-9(2,11)8(12)7-6(10)4-5-13-7/h4-5H,3,11H2,1-2H3. The lowest BCUT2D eigenvalue weighted by Crippen LogP contribution is -2.43. The van der Waals surface area contributed by atoms with Crippen molar-refractivity contribution in [3.05, 3.63) is 21.3 Å². The molecular formula is C9H12ClNOS. The average molecular weight is 218 g/mol. The van der Waals surface area contributed by atoms with Crippen molar-refractivity contribution in [1.82, 2.24) is 0 Å². The lowest BCUT2D eigenvalue weighted by molar-refractivity contribution is 0.0902. The van der Waals surface area contributed by atoms with Gasteiger partial charge in [-0.15, -0.1) is 11.3 Å². The zero-order chi connectivity index (χ0) is 10.1. The highest BCUT2D eigenvalue weighted by atomic mass is 35.5. The summed E-state index contributed by atoms with van der Waals surface area (Å²) in [5.41, 5.74) is 5.02. The maximum Gasteiger partial charge on any atom is 0.193 e. The van der Waals surface area contributed by atoms with E-state index in [1.54, 1.807) is 18.4 Å².